The van der Waals surface area contributed by atoms with Crippen molar-refractivity contribution in [2.45, 2.75) is 12.8 Å². The Morgan fingerprint density at radius 1 is 1.30 bits per heavy atom. The fraction of sp³-hybridized carbons (Fsp3) is 0.286. The van der Waals surface area contributed by atoms with Crippen LogP contribution in [0.2, 0.25) is 0 Å². The minimum atomic E-state index is -0.243. The van der Waals surface area contributed by atoms with E-state index in [1.54, 1.807) is 0 Å². The number of hydrogen-bond donors (Lipinski definition) is 3. The van der Waals surface area contributed by atoms with Gasteiger partial charge in [-0.3, -0.25) is 9.89 Å². The number of benzene rings is 1. The highest BCUT2D eigenvalue weighted by Crippen LogP contribution is 2.23. The van der Waals surface area contributed by atoms with E-state index in [9.17, 15) is 4.79 Å². The molecule has 3 rings (SSSR count). The van der Waals surface area contributed by atoms with Gasteiger partial charge in [-0.05, 0) is 31.0 Å². The molecule has 4 N–H and O–H groups in total. The van der Waals surface area contributed by atoms with E-state index in [1.165, 1.54) is 18.9 Å². The van der Waals surface area contributed by atoms with E-state index in [2.05, 4.69) is 26.5 Å². The van der Waals surface area contributed by atoms with Crippen molar-refractivity contribution >= 4 is 23.1 Å². The third kappa shape index (κ3) is 2.59. The van der Waals surface area contributed by atoms with Gasteiger partial charge >= 0.3 is 0 Å². The molecule has 0 spiro atoms. The number of rotatable bonds is 3. The molecule has 1 saturated heterocycles. The summed E-state index contributed by atoms with van der Waals surface area (Å²) in [6, 6.07) is 9.39. The summed E-state index contributed by atoms with van der Waals surface area (Å²) in [4.78, 5) is 14.3. The van der Waals surface area contributed by atoms with Crippen molar-refractivity contribution in [3.8, 4) is 0 Å². The molecule has 0 radical (unpaired) electrons. The topological polar surface area (TPSA) is 87.0 Å². The Morgan fingerprint density at radius 3 is 2.80 bits per heavy atom. The Morgan fingerprint density at radius 2 is 2.10 bits per heavy atom. The number of hydrogen-bond acceptors (Lipinski definition) is 4. The van der Waals surface area contributed by atoms with Crippen molar-refractivity contribution in [2.75, 3.05) is 29.0 Å². The number of nitrogens with two attached hydrogens (primary N) is 1. The quantitative estimate of drug-likeness (QED) is 0.795. The van der Waals surface area contributed by atoms with E-state index in [1.807, 2.05) is 18.2 Å². The number of carbonyl (C=O) groups is 1. The van der Waals surface area contributed by atoms with E-state index in [4.69, 9.17) is 5.73 Å². The highest BCUT2D eigenvalue weighted by molar-refractivity contribution is 6.03. The molecule has 0 unspecified atom stereocenters. The third-order valence-corrected chi connectivity index (χ3v) is 3.42. The fourth-order valence-corrected chi connectivity index (χ4v) is 2.41. The first-order valence-corrected chi connectivity index (χ1v) is 6.69. The molecule has 1 aromatic heterocycles. The van der Waals surface area contributed by atoms with Gasteiger partial charge in [-0.15, -0.1) is 0 Å². The molecule has 1 aromatic carbocycles. The number of H-pyrrole nitrogens is 1. The zero-order valence-corrected chi connectivity index (χ0v) is 11.1. The van der Waals surface area contributed by atoms with Crippen LogP contribution in [0.4, 0.5) is 17.2 Å². The van der Waals surface area contributed by atoms with Crippen molar-refractivity contribution in [1.29, 1.82) is 0 Å². The summed E-state index contributed by atoms with van der Waals surface area (Å²) >= 11 is 0. The maximum Gasteiger partial charge on any atom is 0.273 e. The van der Waals surface area contributed by atoms with Crippen molar-refractivity contribution in [1.82, 2.24) is 10.2 Å². The molecule has 104 valence electrons. The standard InChI is InChI=1S/C14H17N5O/c15-13-9-12(17-18-13)14(20)16-10-4-3-5-11(8-10)19-6-1-2-7-19/h3-5,8-9H,1-2,6-7H2,(H,16,20)(H3,15,17,18). The summed E-state index contributed by atoms with van der Waals surface area (Å²) in [5, 5.41) is 9.18. The molecule has 1 aliphatic rings. The lowest BCUT2D eigenvalue weighted by Gasteiger charge is -2.18. The Balaban J connectivity index is 1.74. The molecule has 1 amide bonds. The first kappa shape index (κ1) is 12.5. The second kappa shape index (κ2) is 5.24. The highest BCUT2D eigenvalue weighted by atomic mass is 16.1. The first-order valence-electron chi connectivity index (χ1n) is 6.69. The molecular formula is C14H17N5O. The highest BCUT2D eigenvalue weighted by Gasteiger charge is 2.13. The van der Waals surface area contributed by atoms with E-state index in [-0.39, 0.29) is 5.91 Å². The number of aromatic nitrogens is 2. The zero-order chi connectivity index (χ0) is 13.9. The van der Waals surface area contributed by atoms with E-state index < -0.39 is 0 Å². The predicted molar refractivity (Wildman–Crippen MR) is 78.8 cm³/mol. The van der Waals surface area contributed by atoms with Crippen LogP contribution in [0.3, 0.4) is 0 Å². The van der Waals surface area contributed by atoms with Crippen LogP contribution in [-0.2, 0) is 0 Å². The van der Waals surface area contributed by atoms with Crippen LogP contribution in [-0.4, -0.2) is 29.2 Å². The van der Waals surface area contributed by atoms with Crippen LogP contribution in [0.25, 0.3) is 0 Å². The fourth-order valence-electron chi connectivity index (χ4n) is 2.41. The lowest BCUT2D eigenvalue weighted by atomic mass is 10.2. The van der Waals surface area contributed by atoms with E-state index >= 15 is 0 Å². The number of carbonyl (C=O) groups excluding carboxylic acids is 1. The van der Waals surface area contributed by atoms with Crippen molar-refractivity contribution in [3.63, 3.8) is 0 Å². The molecular weight excluding hydrogens is 254 g/mol. The number of nitrogen functional groups attached to an aromatic ring is 1. The van der Waals surface area contributed by atoms with Crippen molar-refractivity contribution < 1.29 is 4.79 Å². The van der Waals surface area contributed by atoms with Gasteiger partial charge < -0.3 is 16.0 Å². The van der Waals surface area contributed by atoms with E-state index in [0.29, 0.717) is 11.5 Å². The number of nitrogens with zero attached hydrogens (tertiary/aromatic N) is 2. The normalized spacial score (nSPS) is 14.5. The molecule has 0 aliphatic carbocycles. The molecule has 20 heavy (non-hydrogen) atoms. The smallest absolute Gasteiger partial charge is 0.273 e. The summed E-state index contributed by atoms with van der Waals surface area (Å²) < 4.78 is 0. The van der Waals surface area contributed by atoms with Crippen molar-refractivity contribution in [2.24, 2.45) is 0 Å². The molecule has 1 aliphatic heterocycles. The summed E-state index contributed by atoms with van der Waals surface area (Å²) in [6.07, 6.45) is 2.45. The second-order valence-electron chi connectivity index (χ2n) is 4.91. The number of amides is 1. The number of nitrogens with one attached hydrogen (secondary N) is 2. The minimum absolute atomic E-state index is 0.243. The van der Waals surface area contributed by atoms with Crippen molar-refractivity contribution in [3.05, 3.63) is 36.0 Å². The molecule has 1 fully saturated rings. The van der Waals surface area contributed by atoms with Crippen LogP contribution in [0.1, 0.15) is 23.3 Å². The summed E-state index contributed by atoms with van der Waals surface area (Å²) in [5.41, 5.74) is 7.76. The molecule has 0 bridgehead atoms. The predicted octanol–water partition coefficient (Wildman–Crippen LogP) is 1.84. The maximum atomic E-state index is 12.0. The van der Waals surface area contributed by atoms with E-state index in [0.717, 1.165) is 24.5 Å². The van der Waals surface area contributed by atoms with Crippen LogP contribution in [0, 0.1) is 0 Å². The summed E-state index contributed by atoms with van der Waals surface area (Å²) in [7, 11) is 0. The molecule has 6 heteroatoms. The first-order chi connectivity index (χ1) is 9.72. The molecule has 0 atom stereocenters. The Bertz CT molecular complexity index is 616. The van der Waals surface area contributed by atoms with Crippen LogP contribution >= 0.6 is 0 Å². The number of aromatic amines is 1. The van der Waals surface area contributed by atoms with Gasteiger partial charge in [0, 0.05) is 30.5 Å². The monoisotopic (exact) mass is 271 g/mol. The Hall–Kier alpha value is -2.50. The average Bonchev–Trinajstić information content (AvgIpc) is 3.10. The lowest BCUT2D eigenvalue weighted by molar-refractivity contribution is 0.102. The molecule has 2 heterocycles. The van der Waals surface area contributed by atoms with Gasteiger partial charge in [-0.2, -0.15) is 5.10 Å². The van der Waals surface area contributed by atoms with Gasteiger partial charge in [-0.1, -0.05) is 6.07 Å². The zero-order valence-electron chi connectivity index (χ0n) is 11.1. The van der Waals surface area contributed by atoms with Gasteiger partial charge in [-0.25, -0.2) is 0 Å². The largest absolute Gasteiger partial charge is 0.382 e. The Kier molecular flexibility index (Phi) is 3.28. The second-order valence-corrected chi connectivity index (χ2v) is 4.91. The minimum Gasteiger partial charge on any atom is -0.382 e. The third-order valence-electron chi connectivity index (χ3n) is 3.42. The lowest BCUT2D eigenvalue weighted by Crippen LogP contribution is -2.18. The van der Waals surface area contributed by atoms with Gasteiger partial charge in [0.2, 0.25) is 0 Å². The maximum absolute atomic E-state index is 12.0. The van der Waals surface area contributed by atoms with Crippen LogP contribution in [0.5, 0.6) is 0 Å². The summed E-state index contributed by atoms with van der Waals surface area (Å²) in [5.74, 6) is 0.0636. The number of anilines is 3. The summed E-state index contributed by atoms with van der Waals surface area (Å²) in [6.45, 7) is 2.16. The SMILES string of the molecule is Nc1cc(C(=O)Nc2cccc(N3CCCC3)c2)[nH]n1. The Labute approximate surface area is 117 Å². The molecule has 0 saturated carbocycles. The molecule has 2 aromatic rings. The van der Waals surface area contributed by atoms with Gasteiger partial charge in [0.05, 0.1) is 0 Å². The van der Waals surface area contributed by atoms with Gasteiger partial charge in [0.1, 0.15) is 11.5 Å². The molecule has 6 nitrogen and oxygen atoms in total. The van der Waals surface area contributed by atoms with Crippen LogP contribution < -0.4 is 16.0 Å². The average molecular weight is 271 g/mol. The van der Waals surface area contributed by atoms with Crippen LogP contribution in [0.15, 0.2) is 30.3 Å². The van der Waals surface area contributed by atoms with Gasteiger partial charge in [0.25, 0.3) is 5.91 Å². The van der Waals surface area contributed by atoms with Gasteiger partial charge in [0.15, 0.2) is 0 Å².